The Morgan fingerprint density at radius 3 is 2.17 bits per heavy atom. The standard InChI is InChI=1S/C6H7F3O3/c1-3-5(2,6(7,8)9)12-4(10)11-3/h3H,1-2H3. The third-order valence-corrected chi connectivity index (χ3v) is 1.91. The number of hydrogen-bond acceptors (Lipinski definition) is 3. The number of carbonyl (C=O) groups excluding carboxylic acids is 1. The van der Waals surface area contributed by atoms with E-state index in [-0.39, 0.29) is 0 Å². The number of rotatable bonds is 0. The van der Waals surface area contributed by atoms with Crippen molar-refractivity contribution in [3.63, 3.8) is 0 Å². The van der Waals surface area contributed by atoms with Crippen molar-refractivity contribution in [2.45, 2.75) is 31.7 Å². The minimum Gasteiger partial charge on any atom is -0.427 e. The van der Waals surface area contributed by atoms with Gasteiger partial charge in [0.05, 0.1) is 0 Å². The zero-order chi connectivity index (χ0) is 9.57. The van der Waals surface area contributed by atoms with Crippen LogP contribution in [0.5, 0.6) is 0 Å². The molecule has 0 aromatic rings. The molecule has 3 nitrogen and oxygen atoms in total. The first-order chi connectivity index (χ1) is 5.27. The largest absolute Gasteiger partial charge is 0.509 e. The first kappa shape index (κ1) is 9.15. The van der Waals surface area contributed by atoms with Crippen LogP contribution in [0.15, 0.2) is 0 Å². The quantitative estimate of drug-likeness (QED) is 0.539. The van der Waals surface area contributed by atoms with E-state index in [9.17, 15) is 18.0 Å². The van der Waals surface area contributed by atoms with Crippen molar-refractivity contribution in [3.8, 4) is 0 Å². The lowest BCUT2D eigenvalue weighted by molar-refractivity contribution is -0.250. The van der Waals surface area contributed by atoms with E-state index < -0.39 is 24.0 Å². The minimum absolute atomic E-state index is 0.780. The van der Waals surface area contributed by atoms with Gasteiger partial charge in [-0.15, -0.1) is 0 Å². The maximum atomic E-state index is 12.2. The monoisotopic (exact) mass is 184 g/mol. The highest BCUT2D eigenvalue weighted by Gasteiger charge is 2.63. The van der Waals surface area contributed by atoms with Crippen LogP contribution >= 0.6 is 0 Å². The van der Waals surface area contributed by atoms with Crippen LogP contribution < -0.4 is 0 Å². The van der Waals surface area contributed by atoms with Gasteiger partial charge in [0.25, 0.3) is 0 Å². The number of hydrogen-bond donors (Lipinski definition) is 0. The summed E-state index contributed by atoms with van der Waals surface area (Å²) in [7, 11) is 0. The number of alkyl halides is 3. The van der Waals surface area contributed by atoms with Gasteiger partial charge in [-0.3, -0.25) is 0 Å². The molecule has 0 amide bonds. The summed E-state index contributed by atoms with van der Waals surface area (Å²) in [5, 5.41) is 0. The molecule has 12 heavy (non-hydrogen) atoms. The van der Waals surface area contributed by atoms with Gasteiger partial charge in [0.15, 0.2) is 6.10 Å². The van der Waals surface area contributed by atoms with Crippen molar-refractivity contribution < 1.29 is 27.4 Å². The molecule has 0 N–H and O–H groups in total. The van der Waals surface area contributed by atoms with E-state index in [2.05, 4.69) is 9.47 Å². The van der Waals surface area contributed by atoms with Gasteiger partial charge in [0.2, 0.25) is 5.60 Å². The van der Waals surface area contributed by atoms with Gasteiger partial charge in [-0.05, 0) is 13.8 Å². The zero-order valence-electron chi connectivity index (χ0n) is 6.44. The summed E-state index contributed by atoms with van der Waals surface area (Å²) in [5.74, 6) is 0. The summed E-state index contributed by atoms with van der Waals surface area (Å²) < 4.78 is 44.9. The Hall–Kier alpha value is -0.940. The second-order valence-corrected chi connectivity index (χ2v) is 2.72. The highest BCUT2D eigenvalue weighted by molar-refractivity contribution is 5.63. The molecule has 0 saturated carbocycles. The van der Waals surface area contributed by atoms with Gasteiger partial charge >= 0.3 is 12.3 Å². The molecule has 6 heteroatoms. The Morgan fingerprint density at radius 2 is 2.00 bits per heavy atom. The van der Waals surface area contributed by atoms with Crippen molar-refractivity contribution in [1.82, 2.24) is 0 Å². The summed E-state index contributed by atoms with van der Waals surface area (Å²) in [5.41, 5.74) is -2.51. The first-order valence-corrected chi connectivity index (χ1v) is 3.24. The van der Waals surface area contributed by atoms with E-state index in [0.29, 0.717) is 0 Å². The second kappa shape index (κ2) is 2.27. The highest BCUT2D eigenvalue weighted by atomic mass is 19.4. The smallest absolute Gasteiger partial charge is 0.427 e. The fraction of sp³-hybridized carbons (Fsp3) is 0.833. The summed E-state index contributed by atoms with van der Waals surface area (Å²) in [4.78, 5) is 10.4. The van der Waals surface area contributed by atoms with Crippen molar-refractivity contribution in [3.05, 3.63) is 0 Å². The van der Waals surface area contributed by atoms with Crippen LogP contribution in [-0.4, -0.2) is 24.0 Å². The van der Waals surface area contributed by atoms with Gasteiger partial charge in [-0.25, -0.2) is 4.79 Å². The lowest BCUT2D eigenvalue weighted by Crippen LogP contribution is -2.49. The Morgan fingerprint density at radius 1 is 1.50 bits per heavy atom. The molecule has 0 bridgehead atoms. The molecule has 2 atom stereocenters. The van der Waals surface area contributed by atoms with Gasteiger partial charge < -0.3 is 9.47 Å². The lowest BCUT2D eigenvalue weighted by Gasteiger charge is -2.26. The number of halogens is 3. The van der Waals surface area contributed by atoms with E-state index in [4.69, 9.17) is 0 Å². The van der Waals surface area contributed by atoms with Gasteiger partial charge in [-0.2, -0.15) is 13.2 Å². The van der Waals surface area contributed by atoms with Crippen LogP contribution in [-0.2, 0) is 9.47 Å². The summed E-state index contributed by atoms with van der Waals surface area (Å²) >= 11 is 0. The Bertz CT molecular complexity index is 213. The van der Waals surface area contributed by atoms with E-state index in [1.165, 1.54) is 0 Å². The van der Waals surface area contributed by atoms with Crippen LogP contribution in [0.2, 0.25) is 0 Å². The van der Waals surface area contributed by atoms with E-state index in [0.717, 1.165) is 13.8 Å². The minimum atomic E-state index is -4.60. The topological polar surface area (TPSA) is 35.5 Å². The van der Waals surface area contributed by atoms with Gasteiger partial charge in [0.1, 0.15) is 0 Å². The SMILES string of the molecule is CC1OC(=O)OC1(C)C(F)(F)F. The van der Waals surface area contributed by atoms with Crippen molar-refractivity contribution in [1.29, 1.82) is 0 Å². The van der Waals surface area contributed by atoms with Crippen LogP contribution in [0.3, 0.4) is 0 Å². The van der Waals surface area contributed by atoms with Crippen LogP contribution in [0, 0.1) is 0 Å². The Labute approximate surface area is 66.4 Å². The van der Waals surface area contributed by atoms with E-state index in [1.807, 2.05) is 0 Å². The van der Waals surface area contributed by atoms with Crippen molar-refractivity contribution in [2.24, 2.45) is 0 Å². The maximum absolute atomic E-state index is 12.2. The molecule has 2 unspecified atom stereocenters. The number of ether oxygens (including phenoxy) is 2. The Kier molecular flexibility index (Phi) is 1.73. The molecule has 1 rings (SSSR count). The Balaban J connectivity index is 2.92. The van der Waals surface area contributed by atoms with Crippen molar-refractivity contribution >= 4 is 6.16 Å². The fourth-order valence-electron chi connectivity index (χ4n) is 0.825. The van der Waals surface area contributed by atoms with Gasteiger partial charge in [-0.1, -0.05) is 0 Å². The van der Waals surface area contributed by atoms with Crippen LogP contribution in [0.1, 0.15) is 13.8 Å². The maximum Gasteiger partial charge on any atom is 0.509 e. The first-order valence-electron chi connectivity index (χ1n) is 3.24. The van der Waals surface area contributed by atoms with Crippen LogP contribution in [0.4, 0.5) is 18.0 Å². The van der Waals surface area contributed by atoms with Crippen LogP contribution in [0.25, 0.3) is 0 Å². The molecule has 1 aliphatic heterocycles. The predicted octanol–water partition coefficient (Wildman–Crippen LogP) is 1.86. The summed E-state index contributed by atoms with van der Waals surface area (Å²) in [6, 6.07) is 0. The van der Waals surface area contributed by atoms with Crippen molar-refractivity contribution in [2.75, 3.05) is 0 Å². The van der Waals surface area contributed by atoms with E-state index in [1.54, 1.807) is 0 Å². The average molecular weight is 184 g/mol. The third kappa shape index (κ3) is 1.11. The molecule has 0 aliphatic carbocycles. The molecule has 0 radical (unpaired) electrons. The predicted molar refractivity (Wildman–Crippen MR) is 31.5 cm³/mol. The molecule has 0 aromatic carbocycles. The molecular weight excluding hydrogens is 177 g/mol. The molecule has 1 heterocycles. The summed E-state index contributed by atoms with van der Waals surface area (Å²) in [6.07, 6.45) is -7.18. The summed E-state index contributed by atoms with van der Waals surface area (Å²) in [6.45, 7) is 1.92. The molecule has 1 fully saturated rings. The van der Waals surface area contributed by atoms with Gasteiger partial charge in [0, 0.05) is 0 Å². The molecule has 1 aliphatic rings. The third-order valence-electron chi connectivity index (χ3n) is 1.91. The second-order valence-electron chi connectivity index (χ2n) is 2.72. The number of carbonyl (C=O) groups is 1. The molecule has 0 aromatic heterocycles. The normalized spacial score (nSPS) is 36.1. The average Bonchev–Trinajstić information content (AvgIpc) is 2.06. The fourth-order valence-corrected chi connectivity index (χ4v) is 0.825. The lowest BCUT2D eigenvalue weighted by atomic mass is 10.0. The molecule has 0 spiro atoms. The zero-order valence-corrected chi connectivity index (χ0v) is 6.44. The van der Waals surface area contributed by atoms with E-state index >= 15 is 0 Å². The molecular formula is C6H7F3O3. The molecule has 1 saturated heterocycles. The molecule has 70 valence electrons. The highest BCUT2D eigenvalue weighted by Crippen LogP contribution is 2.41. The number of cyclic esters (lactones) is 2.